The van der Waals surface area contributed by atoms with Gasteiger partial charge in [0.2, 0.25) is 0 Å². The van der Waals surface area contributed by atoms with Crippen molar-refractivity contribution < 1.29 is 1.43 Å². The average molecular weight is 179 g/mol. The van der Waals surface area contributed by atoms with E-state index < -0.39 is 0 Å². The van der Waals surface area contributed by atoms with Crippen LogP contribution in [0.2, 0.25) is 0 Å². The van der Waals surface area contributed by atoms with Gasteiger partial charge in [0.05, 0.1) is 19.6 Å². The maximum atomic E-state index is 2.26. The number of hydrogen-bond acceptors (Lipinski definition) is 0. The predicted octanol–water partition coefficient (Wildman–Crippen LogP) is 3.17. The van der Waals surface area contributed by atoms with Crippen LogP contribution < -0.4 is 4.48 Å². The number of para-hydroxylation sites is 1. The summed E-state index contributed by atoms with van der Waals surface area (Å²) in [6.07, 6.45) is 0. The van der Waals surface area contributed by atoms with Crippen molar-refractivity contribution in [3.8, 4) is 0 Å². The Kier molecular flexibility index (Phi) is 3.49. The van der Waals surface area contributed by atoms with Crippen LogP contribution in [0.4, 0.5) is 5.69 Å². The van der Waals surface area contributed by atoms with Crippen molar-refractivity contribution in [3.05, 3.63) is 30.3 Å². The standard InChI is InChI=1S/C12H20N/c1-4-13(5-2,6-3)12-10-8-7-9-11-12/h7-11H,4-6H2,1-3H3/q+1/p+1. The predicted molar refractivity (Wildman–Crippen MR) is 61.0 cm³/mol. The summed E-state index contributed by atoms with van der Waals surface area (Å²) in [4.78, 5) is 0. The largest absolute Gasteiger partial charge is 1.00 e. The molecule has 0 heterocycles. The highest BCUT2D eigenvalue weighted by atomic mass is 15.3. The fourth-order valence-corrected chi connectivity index (χ4v) is 1.96. The Balaban J connectivity index is 0.00000169. The maximum Gasteiger partial charge on any atom is 1.00 e. The number of benzene rings is 1. The highest BCUT2D eigenvalue weighted by Gasteiger charge is 2.23. The molecule has 0 amide bonds. The molecule has 1 aromatic carbocycles. The van der Waals surface area contributed by atoms with Crippen molar-refractivity contribution in [2.24, 2.45) is 0 Å². The Labute approximate surface area is 83.1 Å². The molecule has 0 aliphatic heterocycles. The van der Waals surface area contributed by atoms with Crippen molar-refractivity contribution in [1.82, 2.24) is 4.48 Å². The normalized spacial score (nSPS) is 11.6. The summed E-state index contributed by atoms with van der Waals surface area (Å²) in [6.45, 7) is 10.3. The lowest BCUT2D eigenvalue weighted by Gasteiger charge is -2.35. The second-order valence-electron chi connectivity index (χ2n) is 3.43. The van der Waals surface area contributed by atoms with E-state index in [1.807, 2.05) is 0 Å². The first-order valence-corrected chi connectivity index (χ1v) is 5.20. The highest BCUT2D eigenvalue weighted by Crippen LogP contribution is 2.21. The van der Waals surface area contributed by atoms with Gasteiger partial charge in [-0.1, -0.05) is 18.2 Å². The first kappa shape index (κ1) is 10.3. The Morgan fingerprint density at radius 2 is 1.38 bits per heavy atom. The molecule has 0 aromatic heterocycles. The molecule has 0 radical (unpaired) electrons. The van der Waals surface area contributed by atoms with Crippen LogP contribution in [-0.4, -0.2) is 19.6 Å². The van der Waals surface area contributed by atoms with Crippen molar-refractivity contribution >= 4 is 5.69 Å². The summed E-state index contributed by atoms with van der Waals surface area (Å²) >= 11 is 0. The van der Waals surface area contributed by atoms with Crippen LogP contribution in [0.5, 0.6) is 0 Å². The summed E-state index contributed by atoms with van der Waals surface area (Å²) in [5.41, 5.74) is 1.44. The van der Waals surface area contributed by atoms with E-state index in [-0.39, 0.29) is 1.43 Å². The second-order valence-corrected chi connectivity index (χ2v) is 3.43. The first-order chi connectivity index (χ1) is 6.29. The van der Waals surface area contributed by atoms with Crippen LogP contribution in [0.3, 0.4) is 0 Å². The van der Waals surface area contributed by atoms with Gasteiger partial charge in [0.25, 0.3) is 0 Å². The third kappa shape index (κ3) is 1.92. The number of rotatable bonds is 4. The smallest absolute Gasteiger partial charge is 0.292 e. The molecule has 0 bridgehead atoms. The average Bonchev–Trinajstić information content (AvgIpc) is 2.23. The van der Waals surface area contributed by atoms with Gasteiger partial charge in [-0.2, -0.15) is 0 Å². The molecule has 1 rings (SSSR count). The van der Waals surface area contributed by atoms with Crippen molar-refractivity contribution in [1.29, 1.82) is 0 Å². The maximum absolute atomic E-state index is 2.26. The fourth-order valence-electron chi connectivity index (χ4n) is 1.96. The van der Waals surface area contributed by atoms with Gasteiger partial charge in [0.15, 0.2) is 0 Å². The molecule has 0 spiro atoms. The molecule has 1 nitrogen and oxygen atoms in total. The van der Waals surface area contributed by atoms with Crippen LogP contribution in [0.1, 0.15) is 22.2 Å². The summed E-state index contributed by atoms with van der Waals surface area (Å²) in [6, 6.07) is 10.8. The Bertz CT molecular complexity index is 233. The summed E-state index contributed by atoms with van der Waals surface area (Å²) in [7, 11) is 0. The minimum absolute atomic E-state index is 0. The minimum Gasteiger partial charge on any atom is -0.292 e. The lowest BCUT2D eigenvalue weighted by Crippen LogP contribution is -2.48. The molecule has 0 N–H and O–H groups in total. The van der Waals surface area contributed by atoms with Gasteiger partial charge in [-0.05, 0) is 32.9 Å². The van der Waals surface area contributed by atoms with E-state index in [4.69, 9.17) is 0 Å². The second kappa shape index (κ2) is 4.43. The lowest BCUT2D eigenvalue weighted by molar-refractivity contribution is 0.316. The minimum atomic E-state index is 0. The van der Waals surface area contributed by atoms with E-state index in [1.54, 1.807) is 0 Å². The molecule has 0 aliphatic carbocycles. The van der Waals surface area contributed by atoms with E-state index in [2.05, 4.69) is 51.1 Å². The van der Waals surface area contributed by atoms with Gasteiger partial charge >= 0.3 is 1.43 Å². The molecule has 0 aliphatic rings. The van der Waals surface area contributed by atoms with E-state index in [0.717, 1.165) is 4.48 Å². The highest BCUT2D eigenvalue weighted by molar-refractivity contribution is 5.42. The third-order valence-electron chi connectivity index (χ3n) is 3.12. The summed E-state index contributed by atoms with van der Waals surface area (Å²) in [5.74, 6) is 0. The fraction of sp³-hybridized carbons (Fsp3) is 0.500. The molecule has 1 aromatic rings. The van der Waals surface area contributed by atoms with Gasteiger partial charge in [-0.15, -0.1) is 0 Å². The van der Waals surface area contributed by atoms with Gasteiger partial charge < -0.3 is 0 Å². The Hall–Kier alpha value is -0.820. The van der Waals surface area contributed by atoms with E-state index in [0.29, 0.717) is 0 Å². The third-order valence-corrected chi connectivity index (χ3v) is 3.12. The zero-order valence-electron chi connectivity index (χ0n) is 9.96. The van der Waals surface area contributed by atoms with Crippen LogP contribution in [0.25, 0.3) is 0 Å². The number of nitrogens with zero attached hydrogens (tertiary/aromatic N) is 1. The van der Waals surface area contributed by atoms with Crippen molar-refractivity contribution in [3.63, 3.8) is 0 Å². The molecule has 0 unspecified atom stereocenters. The zero-order chi connectivity index (χ0) is 9.73. The summed E-state index contributed by atoms with van der Waals surface area (Å²) in [5, 5.41) is 0. The molecular formula is C12H21N+2. The van der Waals surface area contributed by atoms with Crippen molar-refractivity contribution in [2.45, 2.75) is 20.8 Å². The number of hydrogen-bond donors (Lipinski definition) is 0. The first-order valence-electron chi connectivity index (χ1n) is 5.20. The SMILES string of the molecule is CC[N+](CC)(CC)c1ccccc1.[H+]. The number of quaternary nitrogens is 1. The molecule has 0 saturated carbocycles. The Morgan fingerprint density at radius 1 is 0.923 bits per heavy atom. The van der Waals surface area contributed by atoms with E-state index in [1.165, 1.54) is 25.3 Å². The van der Waals surface area contributed by atoms with Gasteiger partial charge in [0.1, 0.15) is 5.69 Å². The summed E-state index contributed by atoms with van der Waals surface area (Å²) < 4.78 is 1.10. The van der Waals surface area contributed by atoms with Crippen LogP contribution in [0, 0.1) is 0 Å². The van der Waals surface area contributed by atoms with Gasteiger partial charge in [0, 0.05) is 0 Å². The van der Waals surface area contributed by atoms with E-state index in [9.17, 15) is 0 Å². The molecule has 0 fully saturated rings. The molecule has 72 valence electrons. The van der Waals surface area contributed by atoms with Crippen LogP contribution in [-0.2, 0) is 0 Å². The van der Waals surface area contributed by atoms with Crippen LogP contribution >= 0.6 is 0 Å². The Morgan fingerprint density at radius 3 is 1.77 bits per heavy atom. The molecule has 0 atom stereocenters. The lowest BCUT2D eigenvalue weighted by atomic mass is 10.2. The van der Waals surface area contributed by atoms with Crippen LogP contribution in [0.15, 0.2) is 30.3 Å². The van der Waals surface area contributed by atoms with E-state index >= 15 is 0 Å². The van der Waals surface area contributed by atoms with Gasteiger partial charge in [-0.25, -0.2) is 0 Å². The molecular weight excluding hydrogens is 158 g/mol. The zero-order valence-corrected chi connectivity index (χ0v) is 8.96. The topological polar surface area (TPSA) is 0 Å². The van der Waals surface area contributed by atoms with Gasteiger partial charge in [-0.3, -0.25) is 4.48 Å². The quantitative estimate of drug-likeness (QED) is 0.623. The molecule has 1 heteroatoms. The van der Waals surface area contributed by atoms with Crippen molar-refractivity contribution in [2.75, 3.05) is 19.6 Å². The monoisotopic (exact) mass is 179 g/mol. The molecule has 13 heavy (non-hydrogen) atoms. The molecule has 0 saturated heterocycles.